The Morgan fingerprint density at radius 2 is 1.54 bits per heavy atom. The van der Waals surface area contributed by atoms with E-state index in [4.69, 9.17) is 4.98 Å². The van der Waals surface area contributed by atoms with Gasteiger partial charge in [0.05, 0.1) is 6.54 Å². The minimum absolute atomic E-state index is 0.297. The SMILES string of the molecule is O=C(CN1CCN(c2nccc(N3CCCC3)n2)CC1)N1CCCCC1. The van der Waals surface area contributed by atoms with Crippen LogP contribution in [0.2, 0.25) is 0 Å². The highest BCUT2D eigenvalue weighted by Crippen LogP contribution is 2.20. The average Bonchev–Trinajstić information content (AvgIpc) is 3.24. The number of nitrogens with zero attached hydrogens (tertiary/aromatic N) is 6. The number of carbonyl (C=O) groups excluding carboxylic acids is 1. The Balaban J connectivity index is 1.29. The molecule has 26 heavy (non-hydrogen) atoms. The van der Waals surface area contributed by atoms with Crippen LogP contribution in [0, 0.1) is 0 Å². The minimum Gasteiger partial charge on any atom is -0.356 e. The van der Waals surface area contributed by atoms with E-state index in [0.717, 1.165) is 77.0 Å². The fourth-order valence-corrected chi connectivity index (χ4v) is 4.15. The van der Waals surface area contributed by atoms with Gasteiger partial charge >= 0.3 is 0 Å². The summed E-state index contributed by atoms with van der Waals surface area (Å²) in [5, 5.41) is 0. The lowest BCUT2D eigenvalue weighted by atomic mass is 10.1. The number of aromatic nitrogens is 2. The van der Waals surface area contributed by atoms with Gasteiger partial charge in [0.15, 0.2) is 0 Å². The van der Waals surface area contributed by atoms with Crippen LogP contribution in [0.3, 0.4) is 0 Å². The van der Waals surface area contributed by atoms with Crippen LogP contribution in [-0.4, -0.2) is 84.6 Å². The molecule has 142 valence electrons. The monoisotopic (exact) mass is 358 g/mol. The second-order valence-electron chi connectivity index (χ2n) is 7.61. The maximum absolute atomic E-state index is 12.4. The first-order chi connectivity index (χ1) is 12.8. The predicted molar refractivity (Wildman–Crippen MR) is 103 cm³/mol. The van der Waals surface area contributed by atoms with E-state index >= 15 is 0 Å². The molecule has 3 aliphatic heterocycles. The van der Waals surface area contributed by atoms with Crippen LogP contribution in [0.25, 0.3) is 0 Å². The van der Waals surface area contributed by atoms with Crippen molar-refractivity contribution in [3.8, 4) is 0 Å². The number of hydrogen-bond donors (Lipinski definition) is 0. The minimum atomic E-state index is 0.297. The third-order valence-electron chi connectivity index (χ3n) is 5.78. The molecule has 0 aliphatic carbocycles. The molecule has 4 heterocycles. The molecule has 0 N–H and O–H groups in total. The summed E-state index contributed by atoms with van der Waals surface area (Å²) < 4.78 is 0. The van der Waals surface area contributed by atoms with Crippen molar-refractivity contribution < 1.29 is 4.79 Å². The number of piperazine rings is 1. The van der Waals surface area contributed by atoms with Crippen molar-refractivity contribution in [3.63, 3.8) is 0 Å². The Labute approximate surface area is 156 Å². The molecule has 1 aromatic rings. The summed E-state index contributed by atoms with van der Waals surface area (Å²) in [4.78, 5) is 30.6. The lowest BCUT2D eigenvalue weighted by Crippen LogP contribution is -2.51. The van der Waals surface area contributed by atoms with E-state index in [1.165, 1.54) is 19.3 Å². The largest absolute Gasteiger partial charge is 0.356 e. The molecule has 1 amide bonds. The lowest BCUT2D eigenvalue weighted by molar-refractivity contribution is -0.133. The van der Waals surface area contributed by atoms with Gasteiger partial charge in [-0.25, -0.2) is 4.98 Å². The number of hydrogen-bond acceptors (Lipinski definition) is 6. The first-order valence-electron chi connectivity index (χ1n) is 10.1. The van der Waals surface area contributed by atoms with Gasteiger partial charge < -0.3 is 14.7 Å². The van der Waals surface area contributed by atoms with Crippen LogP contribution in [0.1, 0.15) is 32.1 Å². The van der Waals surface area contributed by atoms with Gasteiger partial charge in [-0.05, 0) is 38.2 Å². The third-order valence-corrected chi connectivity index (χ3v) is 5.78. The van der Waals surface area contributed by atoms with E-state index in [9.17, 15) is 4.79 Å². The van der Waals surface area contributed by atoms with Crippen LogP contribution in [0.15, 0.2) is 12.3 Å². The van der Waals surface area contributed by atoms with Crippen molar-refractivity contribution in [3.05, 3.63) is 12.3 Å². The van der Waals surface area contributed by atoms with Crippen LogP contribution in [-0.2, 0) is 4.79 Å². The maximum atomic E-state index is 12.4. The Morgan fingerprint density at radius 1 is 0.846 bits per heavy atom. The van der Waals surface area contributed by atoms with Gasteiger partial charge in [-0.15, -0.1) is 0 Å². The summed E-state index contributed by atoms with van der Waals surface area (Å²) >= 11 is 0. The summed E-state index contributed by atoms with van der Waals surface area (Å²) in [6, 6.07) is 2.02. The molecule has 7 nitrogen and oxygen atoms in total. The number of piperidine rings is 1. The van der Waals surface area contributed by atoms with E-state index in [0.29, 0.717) is 12.5 Å². The predicted octanol–water partition coefficient (Wildman–Crippen LogP) is 1.21. The van der Waals surface area contributed by atoms with Crippen molar-refractivity contribution in [1.82, 2.24) is 19.8 Å². The lowest BCUT2D eigenvalue weighted by Gasteiger charge is -2.36. The Kier molecular flexibility index (Phi) is 5.53. The summed E-state index contributed by atoms with van der Waals surface area (Å²) in [6.07, 6.45) is 7.96. The summed E-state index contributed by atoms with van der Waals surface area (Å²) in [5.74, 6) is 2.18. The second kappa shape index (κ2) is 8.20. The standard InChI is InChI=1S/C19H30N6O/c26-18(24-10-2-1-3-11-24)16-22-12-14-25(15-13-22)19-20-7-6-17(21-19)23-8-4-5-9-23/h6-7H,1-5,8-16H2. The molecule has 3 saturated heterocycles. The van der Waals surface area contributed by atoms with Crippen LogP contribution < -0.4 is 9.80 Å². The fraction of sp³-hybridized carbons (Fsp3) is 0.737. The number of amides is 1. The van der Waals surface area contributed by atoms with E-state index in [2.05, 4.69) is 19.7 Å². The molecule has 0 bridgehead atoms. The van der Waals surface area contributed by atoms with Gasteiger partial charge in [-0.3, -0.25) is 9.69 Å². The highest BCUT2D eigenvalue weighted by Gasteiger charge is 2.24. The molecule has 1 aromatic heterocycles. The van der Waals surface area contributed by atoms with Crippen molar-refractivity contribution in [2.75, 3.05) is 68.7 Å². The van der Waals surface area contributed by atoms with Crippen LogP contribution in [0.4, 0.5) is 11.8 Å². The van der Waals surface area contributed by atoms with Gasteiger partial charge in [-0.1, -0.05) is 0 Å². The quantitative estimate of drug-likeness (QED) is 0.806. The molecule has 0 unspecified atom stereocenters. The Bertz CT molecular complexity index is 604. The van der Waals surface area contributed by atoms with Gasteiger partial charge in [0.25, 0.3) is 0 Å². The van der Waals surface area contributed by atoms with Crippen LogP contribution >= 0.6 is 0 Å². The number of rotatable bonds is 4. The van der Waals surface area contributed by atoms with Gasteiger partial charge in [0, 0.05) is 58.6 Å². The average molecular weight is 358 g/mol. The molecule has 0 aromatic carbocycles. The zero-order valence-electron chi connectivity index (χ0n) is 15.6. The molecular weight excluding hydrogens is 328 g/mol. The maximum Gasteiger partial charge on any atom is 0.236 e. The summed E-state index contributed by atoms with van der Waals surface area (Å²) in [7, 11) is 0. The zero-order valence-corrected chi connectivity index (χ0v) is 15.6. The van der Waals surface area contributed by atoms with Crippen molar-refractivity contribution in [2.45, 2.75) is 32.1 Å². The molecule has 3 aliphatic rings. The molecule has 0 radical (unpaired) electrons. The van der Waals surface area contributed by atoms with Gasteiger partial charge in [0.2, 0.25) is 11.9 Å². The van der Waals surface area contributed by atoms with Crippen LogP contribution in [0.5, 0.6) is 0 Å². The second-order valence-corrected chi connectivity index (χ2v) is 7.61. The van der Waals surface area contributed by atoms with Gasteiger partial charge in [-0.2, -0.15) is 4.98 Å². The molecule has 0 spiro atoms. The van der Waals surface area contributed by atoms with Gasteiger partial charge in [0.1, 0.15) is 5.82 Å². The van der Waals surface area contributed by atoms with E-state index in [-0.39, 0.29) is 0 Å². The normalized spacial score (nSPS) is 22.1. The molecule has 3 fully saturated rings. The fourth-order valence-electron chi connectivity index (χ4n) is 4.15. The van der Waals surface area contributed by atoms with E-state index < -0.39 is 0 Å². The zero-order chi connectivity index (χ0) is 17.8. The highest BCUT2D eigenvalue weighted by atomic mass is 16.2. The van der Waals surface area contributed by atoms with E-state index in [1.807, 2.05) is 17.2 Å². The highest BCUT2D eigenvalue weighted by molar-refractivity contribution is 5.78. The Morgan fingerprint density at radius 3 is 2.27 bits per heavy atom. The molecular formula is C19H30N6O. The van der Waals surface area contributed by atoms with Crippen molar-refractivity contribution >= 4 is 17.7 Å². The Hall–Kier alpha value is -1.89. The smallest absolute Gasteiger partial charge is 0.236 e. The number of carbonyl (C=O) groups is 1. The molecule has 7 heteroatoms. The number of likely N-dealkylation sites (tertiary alicyclic amines) is 1. The number of anilines is 2. The topological polar surface area (TPSA) is 55.8 Å². The molecule has 4 rings (SSSR count). The van der Waals surface area contributed by atoms with Crippen molar-refractivity contribution in [1.29, 1.82) is 0 Å². The van der Waals surface area contributed by atoms with E-state index in [1.54, 1.807) is 0 Å². The summed E-state index contributed by atoms with van der Waals surface area (Å²) in [6.45, 7) is 8.21. The van der Waals surface area contributed by atoms with Crippen molar-refractivity contribution in [2.24, 2.45) is 0 Å². The third kappa shape index (κ3) is 4.09. The molecule has 0 atom stereocenters. The molecule has 0 saturated carbocycles. The first-order valence-corrected chi connectivity index (χ1v) is 10.1. The first kappa shape index (κ1) is 17.5. The summed E-state index contributed by atoms with van der Waals surface area (Å²) in [5.41, 5.74) is 0.